The quantitative estimate of drug-likeness (QED) is 0.810. The standard InChI is InChI=1S/C9H15N3O2S/c1-7(2)12(4-3-5-13)9(14)8-6-10-15-11-8/h6-7,13H,3-5H2,1-2H3. The van der Waals surface area contributed by atoms with Gasteiger partial charge in [0.25, 0.3) is 5.91 Å². The summed E-state index contributed by atoms with van der Waals surface area (Å²) in [6.45, 7) is 4.51. The van der Waals surface area contributed by atoms with Gasteiger partial charge in [0.05, 0.1) is 17.9 Å². The second-order valence-electron chi connectivity index (χ2n) is 3.46. The normalized spacial score (nSPS) is 10.7. The number of carbonyl (C=O) groups is 1. The minimum Gasteiger partial charge on any atom is -0.396 e. The van der Waals surface area contributed by atoms with E-state index in [0.29, 0.717) is 18.7 Å². The topological polar surface area (TPSA) is 66.3 Å². The molecule has 0 atom stereocenters. The van der Waals surface area contributed by atoms with Crippen LogP contribution in [-0.2, 0) is 0 Å². The fourth-order valence-corrected chi connectivity index (χ4v) is 1.65. The molecule has 0 aromatic carbocycles. The molecule has 0 bridgehead atoms. The van der Waals surface area contributed by atoms with E-state index < -0.39 is 0 Å². The molecule has 84 valence electrons. The van der Waals surface area contributed by atoms with Crippen molar-refractivity contribution in [2.75, 3.05) is 13.2 Å². The number of amides is 1. The lowest BCUT2D eigenvalue weighted by molar-refractivity contribution is 0.0688. The summed E-state index contributed by atoms with van der Waals surface area (Å²) in [6, 6.07) is 0.103. The molecule has 0 aliphatic carbocycles. The molecule has 0 aliphatic heterocycles. The van der Waals surface area contributed by atoms with Crippen LogP contribution in [0.3, 0.4) is 0 Å². The summed E-state index contributed by atoms with van der Waals surface area (Å²) < 4.78 is 7.70. The number of hydrogen-bond acceptors (Lipinski definition) is 5. The number of carbonyl (C=O) groups excluding carboxylic acids is 1. The highest BCUT2D eigenvalue weighted by Crippen LogP contribution is 2.07. The highest BCUT2D eigenvalue weighted by Gasteiger charge is 2.20. The summed E-state index contributed by atoms with van der Waals surface area (Å²) in [6.07, 6.45) is 2.06. The van der Waals surface area contributed by atoms with Gasteiger partial charge in [-0.15, -0.1) is 0 Å². The Morgan fingerprint density at radius 1 is 1.67 bits per heavy atom. The lowest BCUT2D eigenvalue weighted by Crippen LogP contribution is -2.38. The van der Waals surface area contributed by atoms with E-state index in [4.69, 9.17) is 5.11 Å². The number of aromatic nitrogens is 2. The Labute approximate surface area is 93.1 Å². The highest BCUT2D eigenvalue weighted by molar-refractivity contribution is 6.99. The van der Waals surface area contributed by atoms with Gasteiger partial charge in [0, 0.05) is 19.2 Å². The van der Waals surface area contributed by atoms with Gasteiger partial charge in [-0.05, 0) is 20.3 Å². The Morgan fingerprint density at radius 3 is 2.87 bits per heavy atom. The van der Waals surface area contributed by atoms with Crippen LogP contribution in [0.5, 0.6) is 0 Å². The number of hydrogen-bond donors (Lipinski definition) is 1. The number of aliphatic hydroxyl groups is 1. The minimum atomic E-state index is -0.118. The van der Waals surface area contributed by atoms with E-state index in [1.165, 1.54) is 6.20 Å². The number of nitrogens with zero attached hydrogens (tertiary/aromatic N) is 3. The largest absolute Gasteiger partial charge is 0.396 e. The van der Waals surface area contributed by atoms with Gasteiger partial charge in [-0.3, -0.25) is 4.79 Å². The van der Waals surface area contributed by atoms with Crippen LogP contribution in [0.2, 0.25) is 0 Å². The highest BCUT2D eigenvalue weighted by atomic mass is 32.1. The third-order valence-electron chi connectivity index (χ3n) is 2.02. The maximum atomic E-state index is 11.9. The second-order valence-corrected chi connectivity index (χ2v) is 4.02. The van der Waals surface area contributed by atoms with E-state index in [1.807, 2.05) is 13.8 Å². The summed E-state index contributed by atoms with van der Waals surface area (Å²) in [7, 11) is 0. The Hall–Kier alpha value is -1.01. The van der Waals surface area contributed by atoms with E-state index in [0.717, 1.165) is 11.7 Å². The maximum Gasteiger partial charge on any atom is 0.275 e. The number of aliphatic hydroxyl groups excluding tert-OH is 1. The van der Waals surface area contributed by atoms with Crippen molar-refractivity contribution in [2.24, 2.45) is 0 Å². The van der Waals surface area contributed by atoms with E-state index in [2.05, 4.69) is 8.75 Å². The van der Waals surface area contributed by atoms with Gasteiger partial charge in [-0.25, -0.2) is 0 Å². The van der Waals surface area contributed by atoms with E-state index in [9.17, 15) is 4.79 Å². The molecular weight excluding hydrogens is 214 g/mol. The summed E-state index contributed by atoms with van der Waals surface area (Å²) in [4.78, 5) is 13.6. The molecule has 0 unspecified atom stereocenters. The molecule has 1 aromatic heterocycles. The summed E-state index contributed by atoms with van der Waals surface area (Å²) >= 11 is 1.02. The van der Waals surface area contributed by atoms with Crippen molar-refractivity contribution in [1.82, 2.24) is 13.6 Å². The fourth-order valence-electron chi connectivity index (χ4n) is 1.24. The molecule has 0 aliphatic rings. The zero-order valence-electron chi connectivity index (χ0n) is 8.88. The minimum absolute atomic E-state index is 0.0891. The number of rotatable bonds is 5. The lowest BCUT2D eigenvalue weighted by Gasteiger charge is -2.25. The van der Waals surface area contributed by atoms with Gasteiger partial charge in [0.15, 0.2) is 5.69 Å². The van der Waals surface area contributed by atoms with Gasteiger partial charge in [0.2, 0.25) is 0 Å². The first-order valence-corrected chi connectivity index (χ1v) is 5.59. The fraction of sp³-hybridized carbons (Fsp3) is 0.667. The van der Waals surface area contributed by atoms with Crippen LogP contribution in [0.4, 0.5) is 0 Å². The van der Waals surface area contributed by atoms with E-state index in [1.54, 1.807) is 4.90 Å². The maximum absolute atomic E-state index is 11.9. The summed E-state index contributed by atoms with van der Waals surface area (Å²) in [5, 5.41) is 8.75. The Balaban J connectivity index is 2.67. The average Bonchev–Trinajstić information content (AvgIpc) is 2.70. The molecule has 0 fully saturated rings. The van der Waals surface area contributed by atoms with Crippen LogP contribution < -0.4 is 0 Å². The van der Waals surface area contributed by atoms with Gasteiger partial charge >= 0.3 is 0 Å². The van der Waals surface area contributed by atoms with Crippen molar-refractivity contribution in [3.05, 3.63) is 11.9 Å². The third-order valence-corrected chi connectivity index (χ3v) is 2.50. The first kappa shape index (κ1) is 12.1. The van der Waals surface area contributed by atoms with Crippen LogP contribution in [0.1, 0.15) is 30.8 Å². The average molecular weight is 229 g/mol. The molecule has 0 saturated carbocycles. The van der Waals surface area contributed by atoms with Crippen LogP contribution in [0, 0.1) is 0 Å². The first-order chi connectivity index (χ1) is 7.16. The molecule has 0 radical (unpaired) electrons. The molecule has 6 heteroatoms. The van der Waals surface area contributed by atoms with Gasteiger partial charge in [-0.2, -0.15) is 8.75 Å². The molecule has 0 spiro atoms. The lowest BCUT2D eigenvalue weighted by atomic mass is 10.2. The molecule has 0 saturated heterocycles. The Bertz CT molecular complexity index is 300. The molecule has 1 N–H and O–H groups in total. The zero-order valence-corrected chi connectivity index (χ0v) is 9.70. The smallest absolute Gasteiger partial charge is 0.275 e. The summed E-state index contributed by atoms with van der Waals surface area (Å²) in [5.41, 5.74) is 0.381. The Morgan fingerprint density at radius 2 is 2.40 bits per heavy atom. The third kappa shape index (κ3) is 3.24. The Kier molecular flexibility index (Phi) is 4.64. The van der Waals surface area contributed by atoms with Crippen LogP contribution in [0.25, 0.3) is 0 Å². The van der Waals surface area contributed by atoms with Crippen molar-refractivity contribution in [3.8, 4) is 0 Å². The predicted octanol–water partition coefficient (Wildman–Crippen LogP) is 0.771. The van der Waals surface area contributed by atoms with Gasteiger partial charge < -0.3 is 10.0 Å². The SMILES string of the molecule is CC(C)N(CCCO)C(=O)c1cnsn1. The van der Waals surface area contributed by atoms with Crippen molar-refractivity contribution >= 4 is 17.6 Å². The van der Waals surface area contributed by atoms with E-state index in [-0.39, 0.29) is 18.6 Å². The van der Waals surface area contributed by atoms with Crippen molar-refractivity contribution in [1.29, 1.82) is 0 Å². The van der Waals surface area contributed by atoms with E-state index >= 15 is 0 Å². The molecule has 15 heavy (non-hydrogen) atoms. The zero-order chi connectivity index (χ0) is 11.3. The molecule has 1 amide bonds. The molecule has 1 heterocycles. The van der Waals surface area contributed by atoms with Crippen molar-refractivity contribution < 1.29 is 9.90 Å². The predicted molar refractivity (Wildman–Crippen MR) is 57.8 cm³/mol. The summed E-state index contributed by atoms with van der Waals surface area (Å²) in [5.74, 6) is -0.118. The van der Waals surface area contributed by atoms with Gasteiger partial charge in [0.1, 0.15) is 0 Å². The van der Waals surface area contributed by atoms with Gasteiger partial charge in [-0.1, -0.05) is 0 Å². The molecule has 1 rings (SSSR count). The molecule has 5 nitrogen and oxygen atoms in total. The van der Waals surface area contributed by atoms with Crippen LogP contribution in [-0.4, -0.2) is 43.9 Å². The molecule has 1 aromatic rings. The first-order valence-electron chi connectivity index (χ1n) is 4.86. The monoisotopic (exact) mass is 229 g/mol. The van der Waals surface area contributed by atoms with Crippen LogP contribution >= 0.6 is 11.7 Å². The van der Waals surface area contributed by atoms with Crippen molar-refractivity contribution in [3.63, 3.8) is 0 Å². The second kappa shape index (κ2) is 5.77. The van der Waals surface area contributed by atoms with Crippen molar-refractivity contribution in [2.45, 2.75) is 26.3 Å². The molecular formula is C9H15N3O2S. The van der Waals surface area contributed by atoms with Crippen LogP contribution in [0.15, 0.2) is 6.20 Å².